The molecule has 0 aliphatic heterocycles. The smallest absolute Gasteiger partial charge is 0.457 e. The summed E-state index contributed by atoms with van der Waals surface area (Å²) in [6, 6.07) is 0. The lowest BCUT2D eigenvalue weighted by molar-refractivity contribution is -0.154. The highest BCUT2D eigenvalue weighted by atomic mass is 31.2. The van der Waals surface area contributed by atoms with Crippen LogP contribution in [0.25, 0.3) is 0 Å². The quantitative estimate of drug-likeness (QED) is 0.0236. The topological polar surface area (TPSA) is 132 Å². The Bertz CT molecular complexity index is 1300. The normalized spacial score (nSPS) is 14.7. The van der Waals surface area contributed by atoms with Gasteiger partial charge < -0.3 is 24.6 Å². The van der Waals surface area contributed by atoms with Crippen LogP contribution < -0.4 is 0 Å². The van der Waals surface area contributed by atoms with Gasteiger partial charge in [0.15, 0.2) is 0 Å². The van der Waals surface area contributed by atoms with Crippen molar-refractivity contribution in [3.63, 3.8) is 0 Å². The number of rotatable bonds is 46. The molecule has 63 heavy (non-hydrogen) atoms. The van der Waals surface area contributed by atoms with Gasteiger partial charge in [-0.2, -0.15) is 0 Å². The second kappa shape index (κ2) is 48.8. The third-order valence-corrected chi connectivity index (χ3v) is 11.0. The third kappa shape index (κ3) is 48.7. The number of carbonyl (C=O) groups is 1. The molecule has 0 spiro atoms. The number of unbranched alkanes of at least 4 members (excludes halogenated alkanes) is 16. The maximum atomic E-state index is 12.7. The summed E-state index contributed by atoms with van der Waals surface area (Å²) in [5.41, 5.74) is 0. The number of phosphoric ester groups is 1. The highest BCUT2D eigenvalue weighted by Gasteiger charge is 2.26. The number of hydrogen-bond acceptors (Lipinski definition) is 8. The Morgan fingerprint density at radius 3 is 1.37 bits per heavy atom. The Labute approximate surface area is 385 Å². The average Bonchev–Trinajstić information content (AvgIpc) is 3.28. The molecule has 3 atom stereocenters. The Morgan fingerprint density at radius 1 is 0.508 bits per heavy atom. The van der Waals surface area contributed by atoms with Crippen molar-refractivity contribution >= 4 is 13.8 Å². The zero-order valence-corrected chi connectivity index (χ0v) is 40.7. The molecule has 10 heteroatoms. The lowest BCUT2D eigenvalue weighted by atomic mass is 10.1. The zero-order valence-electron chi connectivity index (χ0n) is 39.8. The number of allylic oxidation sites excluding steroid dienone is 16. The predicted octanol–water partition coefficient (Wildman–Crippen LogP) is 14.4. The molecule has 0 bridgehead atoms. The number of aliphatic hydroxyl groups is 2. The minimum Gasteiger partial charge on any atom is -0.457 e. The molecule has 0 aliphatic rings. The Hall–Kier alpha value is -2.62. The van der Waals surface area contributed by atoms with Crippen LogP contribution in [0.4, 0.5) is 0 Å². The molecule has 0 rings (SSSR count). The van der Waals surface area contributed by atoms with Crippen molar-refractivity contribution < 1.29 is 43.0 Å². The lowest BCUT2D eigenvalue weighted by Gasteiger charge is -2.20. The van der Waals surface area contributed by atoms with Gasteiger partial charge in [0.05, 0.1) is 26.4 Å². The van der Waals surface area contributed by atoms with Gasteiger partial charge in [0.25, 0.3) is 0 Å². The molecule has 3 unspecified atom stereocenters. The van der Waals surface area contributed by atoms with Crippen LogP contribution in [0.2, 0.25) is 0 Å². The zero-order chi connectivity index (χ0) is 46.0. The van der Waals surface area contributed by atoms with Crippen molar-refractivity contribution in [3.05, 3.63) is 97.2 Å². The summed E-state index contributed by atoms with van der Waals surface area (Å²) in [5, 5.41) is 18.4. The number of hydrogen-bond donors (Lipinski definition) is 3. The first kappa shape index (κ1) is 60.4. The molecule has 0 amide bonds. The van der Waals surface area contributed by atoms with Crippen molar-refractivity contribution in [2.45, 2.75) is 199 Å². The van der Waals surface area contributed by atoms with E-state index in [-0.39, 0.29) is 13.0 Å². The van der Waals surface area contributed by atoms with Crippen LogP contribution >= 0.6 is 7.82 Å². The van der Waals surface area contributed by atoms with Crippen molar-refractivity contribution in [2.75, 3.05) is 33.0 Å². The Kier molecular flexibility index (Phi) is 46.8. The van der Waals surface area contributed by atoms with E-state index < -0.39 is 45.8 Å². The number of phosphoric acid groups is 1. The standard InChI is InChI=1S/C53H91O9P/c1-3-5-7-9-11-13-15-17-19-21-23-24-25-26-27-28-30-32-34-36-38-40-42-44-46-59-49-52(50-61-63(57,58)60-48-51(55)47-54)62-53(56)45-43-41-39-37-35-33-31-29-22-20-18-16-14-12-10-8-6-4-2/h5,7,11,13-14,16-17,19-20,22-24,26-27,30,32,51-52,54-55H,3-4,6,8-10,12,15,18,21,25,28-29,31,33-50H2,1-2H3,(H,57,58)/b7-5-,13-11-,16-14-,19-17-,22-20-,24-23-,27-26-,32-30-. The Balaban J connectivity index is 4.19. The fourth-order valence-electron chi connectivity index (χ4n) is 6.27. The minimum atomic E-state index is -4.54. The van der Waals surface area contributed by atoms with Crippen molar-refractivity contribution in [1.29, 1.82) is 0 Å². The van der Waals surface area contributed by atoms with Gasteiger partial charge in [-0.15, -0.1) is 0 Å². The van der Waals surface area contributed by atoms with E-state index in [0.29, 0.717) is 13.0 Å². The summed E-state index contributed by atoms with van der Waals surface area (Å²) in [6.07, 6.45) is 62.2. The number of aliphatic hydroxyl groups excluding tert-OH is 2. The van der Waals surface area contributed by atoms with Gasteiger partial charge in [0.1, 0.15) is 12.2 Å². The largest absolute Gasteiger partial charge is 0.472 e. The molecule has 9 nitrogen and oxygen atoms in total. The average molecular weight is 903 g/mol. The van der Waals surface area contributed by atoms with Crippen molar-refractivity contribution in [3.8, 4) is 0 Å². The van der Waals surface area contributed by atoms with E-state index in [1.165, 1.54) is 51.4 Å². The van der Waals surface area contributed by atoms with Crippen LogP contribution in [0, 0.1) is 0 Å². The summed E-state index contributed by atoms with van der Waals surface area (Å²) in [7, 11) is -4.54. The van der Waals surface area contributed by atoms with E-state index in [4.69, 9.17) is 23.6 Å². The predicted molar refractivity (Wildman–Crippen MR) is 265 cm³/mol. The molecule has 0 saturated carbocycles. The van der Waals surface area contributed by atoms with Crippen molar-refractivity contribution in [2.24, 2.45) is 0 Å². The summed E-state index contributed by atoms with van der Waals surface area (Å²) >= 11 is 0. The second-order valence-electron chi connectivity index (χ2n) is 16.1. The van der Waals surface area contributed by atoms with Crippen LogP contribution in [0.15, 0.2) is 97.2 Å². The first-order valence-electron chi connectivity index (χ1n) is 24.7. The third-order valence-electron chi connectivity index (χ3n) is 10.0. The van der Waals surface area contributed by atoms with Crippen LogP contribution in [0.5, 0.6) is 0 Å². The van der Waals surface area contributed by atoms with Crippen LogP contribution in [-0.4, -0.2) is 66.3 Å². The fourth-order valence-corrected chi connectivity index (χ4v) is 7.06. The molecular weight excluding hydrogens is 812 g/mol. The van der Waals surface area contributed by atoms with Crippen LogP contribution in [0.1, 0.15) is 187 Å². The number of carbonyl (C=O) groups excluding carboxylic acids is 1. The van der Waals surface area contributed by atoms with E-state index in [9.17, 15) is 19.4 Å². The van der Waals surface area contributed by atoms with Crippen LogP contribution in [-0.2, 0) is 27.9 Å². The summed E-state index contributed by atoms with van der Waals surface area (Å²) in [6.45, 7) is 3.32. The molecule has 0 fully saturated rings. The van der Waals surface area contributed by atoms with Gasteiger partial charge in [0, 0.05) is 13.0 Å². The van der Waals surface area contributed by atoms with Gasteiger partial charge in [-0.05, 0) is 96.3 Å². The first-order chi connectivity index (χ1) is 30.8. The molecule has 0 aromatic rings. The van der Waals surface area contributed by atoms with Crippen LogP contribution in [0.3, 0.4) is 0 Å². The summed E-state index contributed by atoms with van der Waals surface area (Å²) in [5.74, 6) is -0.401. The first-order valence-corrected chi connectivity index (χ1v) is 26.2. The maximum absolute atomic E-state index is 12.7. The summed E-state index contributed by atoms with van der Waals surface area (Å²) < 4.78 is 33.5. The molecule has 0 aromatic carbocycles. The van der Waals surface area contributed by atoms with E-state index in [1.54, 1.807) is 0 Å². The number of esters is 1. The fraction of sp³-hybridized carbons (Fsp3) is 0.679. The number of ether oxygens (including phenoxy) is 2. The molecule has 362 valence electrons. The minimum absolute atomic E-state index is 0.0265. The highest BCUT2D eigenvalue weighted by Crippen LogP contribution is 2.43. The maximum Gasteiger partial charge on any atom is 0.472 e. The van der Waals surface area contributed by atoms with E-state index >= 15 is 0 Å². The molecule has 0 radical (unpaired) electrons. The monoisotopic (exact) mass is 903 g/mol. The Morgan fingerprint density at radius 2 is 0.905 bits per heavy atom. The van der Waals surface area contributed by atoms with E-state index in [1.807, 2.05) is 0 Å². The molecule has 0 aliphatic carbocycles. The lowest BCUT2D eigenvalue weighted by Crippen LogP contribution is -2.29. The summed E-state index contributed by atoms with van der Waals surface area (Å²) in [4.78, 5) is 22.7. The van der Waals surface area contributed by atoms with Gasteiger partial charge >= 0.3 is 13.8 Å². The molecule has 0 aromatic heterocycles. The van der Waals surface area contributed by atoms with Gasteiger partial charge in [0.2, 0.25) is 0 Å². The second-order valence-corrected chi connectivity index (χ2v) is 17.5. The molecule has 3 N–H and O–H groups in total. The molecule has 0 saturated heterocycles. The van der Waals surface area contributed by atoms with E-state index in [2.05, 4.69) is 111 Å². The van der Waals surface area contributed by atoms with Gasteiger partial charge in [-0.1, -0.05) is 182 Å². The highest BCUT2D eigenvalue weighted by molar-refractivity contribution is 7.47. The SMILES string of the molecule is CC/C=C\C/C=C\C/C=C\C/C=C\C/C=C\C/C=C\CCCCCCCOCC(COP(=O)(O)OCC(O)CO)OC(=O)CCCCCCCCC/C=C\C/C=C\CCCCCC. The van der Waals surface area contributed by atoms with Crippen molar-refractivity contribution in [1.82, 2.24) is 0 Å². The molecular formula is C53H91O9P. The van der Waals surface area contributed by atoms with Gasteiger partial charge in [-0.3, -0.25) is 13.8 Å². The van der Waals surface area contributed by atoms with E-state index in [0.717, 1.165) is 109 Å². The van der Waals surface area contributed by atoms with Gasteiger partial charge in [-0.25, -0.2) is 4.57 Å². The molecule has 0 heterocycles.